The summed E-state index contributed by atoms with van der Waals surface area (Å²) in [6.45, 7) is 1.80. The lowest BCUT2D eigenvalue weighted by Gasteiger charge is -2.21. The number of carbonyl (C=O) groups excluding carboxylic acids is 1. The van der Waals surface area contributed by atoms with E-state index in [1.54, 1.807) is 19.1 Å². The molecule has 0 radical (unpaired) electrons. The number of hydrogen-bond acceptors (Lipinski definition) is 5. The summed E-state index contributed by atoms with van der Waals surface area (Å²) in [5.41, 5.74) is 4.42. The van der Waals surface area contributed by atoms with Gasteiger partial charge in [0.2, 0.25) is 0 Å². The molecule has 0 spiro atoms. The zero-order valence-electron chi connectivity index (χ0n) is 16.8. The maximum atomic E-state index is 14.9. The summed E-state index contributed by atoms with van der Waals surface area (Å²) in [5.74, 6) is -4.84. The Morgan fingerprint density at radius 1 is 1.15 bits per heavy atom. The number of rotatable bonds is 7. The molecule has 0 bridgehead atoms. The van der Waals surface area contributed by atoms with Crippen LogP contribution in [0, 0.1) is 27.9 Å². The first kappa shape index (κ1) is 24.7. The van der Waals surface area contributed by atoms with E-state index >= 15 is 0 Å². The third-order valence-corrected chi connectivity index (χ3v) is 5.65. The summed E-state index contributed by atoms with van der Waals surface area (Å²) in [6.07, 6.45) is 0.732. The fourth-order valence-corrected chi connectivity index (χ4v) is 3.63. The second-order valence-electron chi connectivity index (χ2n) is 6.70. The second-order valence-corrected chi connectivity index (χ2v) is 8.73. The molecule has 3 rings (SSSR count). The molecule has 0 aliphatic carbocycles. The van der Waals surface area contributed by atoms with E-state index in [0.29, 0.717) is 7.98 Å². The van der Waals surface area contributed by atoms with E-state index in [2.05, 4.69) is 10.4 Å². The van der Waals surface area contributed by atoms with Gasteiger partial charge < -0.3 is 15.6 Å². The van der Waals surface area contributed by atoms with E-state index in [9.17, 15) is 26.7 Å². The van der Waals surface area contributed by atoms with Gasteiger partial charge in [0, 0.05) is 9.13 Å². The normalized spacial score (nSPS) is 12.1. The monoisotopic (exact) mass is 587 g/mol. The van der Waals surface area contributed by atoms with Crippen LogP contribution in [-0.2, 0) is 11.3 Å². The molecule has 0 aliphatic heterocycles. The molecule has 3 aromatic rings. The van der Waals surface area contributed by atoms with Gasteiger partial charge in [-0.1, -0.05) is 17.7 Å². The first-order valence-electron chi connectivity index (χ1n) is 9.12. The van der Waals surface area contributed by atoms with Crippen LogP contribution < -0.4 is 15.5 Å². The van der Waals surface area contributed by atoms with Crippen molar-refractivity contribution in [1.82, 2.24) is 0 Å². The summed E-state index contributed by atoms with van der Waals surface area (Å²) in [6, 6.07) is 11.1. The van der Waals surface area contributed by atoms with Crippen molar-refractivity contribution in [3.63, 3.8) is 0 Å². The lowest BCUT2D eigenvalue weighted by molar-refractivity contribution is 0.100. The van der Waals surface area contributed by atoms with Crippen LogP contribution in [0.2, 0.25) is 0 Å². The lowest BCUT2D eigenvalue weighted by atomic mass is 10.1. The number of nitrogens with zero attached hydrogens (tertiary/aromatic N) is 2. The van der Waals surface area contributed by atoms with Crippen molar-refractivity contribution in [3.05, 3.63) is 86.2 Å². The molecule has 3 aromatic carbocycles. The van der Waals surface area contributed by atoms with Crippen molar-refractivity contribution in [3.8, 4) is 0 Å². The zero-order chi connectivity index (χ0) is 24.3. The minimum Gasteiger partial charge on any atom is -0.754 e. The van der Waals surface area contributed by atoms with Crippen molar-refractivity contribution in [2.24, 2.45) is 10.8 Å². The van der Waals surface area contributed by atoms with Crippen LogP contribution in [0.25, 0.3) is 0 Å². The van der Waals surface area contributed by atoms with E-state index in [1.807, 2.05) is 22.6 Å². The first-order valence-corrected chi connectivity index (χ1v) is 11.2. The van der Waals surface area contributed by atoms with Crippen molar-refractivity contribution >= 4 is 63.0 Å². The van der Waals surface area contributed by atoms with Gasteiger partial charge in [-0.3, -0.25) is 9.00 Å². The van der Waals surface area contributed by atoms with Gasteiger partial charge in [-0.05, 0) is 65.9 Å². The summed E-state index contributed by atoms with van der Waals surface area (Å²) in [7, 11) is 0. The molecule has 172 valence electrons. The molecule has 0 fully saturated rings. The number of carbonyl (C=O) groups is 1. The number of amides is 1. The third kappa shape index (κ3) is 5.69. The highest BCUT2D eigenvalue weighted by Crippen LogP contribution is 2.30. The Morgan fingerprint density at radius 3 is 2.39 bits per heavy atom. The Bertz CT molecular complexity index is 1270. The number of primary amides is 1. The average Bonchev–Trinajstić information content (AvgIpc) is 2.75. The van der Waals surface area contributed by atoms with Crippen molar-refractivity contribution in [2.45, 2.75) is 6.92 Å². The molecule has 0 aliphatic rings. The molecule has 0 aromatic heterocycles. The van der Waals surface area contributed by atoms with Crippen LogP contribution in [0.4, 0.5) is 30.2 Å². The molecule has 0 heterocycles. The number of anilines is 3. The quantitative estimate of drug-likeness (QED) is 0.184. The molecule has 7 nitrogen and oxygen atoms in total. The molecule has 0 saturated heterocycles. The minimum atomic E-state index is -2.87. The molecule has 3 N–H and O–H groups in total. The molecule has 33 heavy (non-hydrogen) atoms. The molecular formula is C21H15F3IN4O3S-. The van der Waals surface area contributed by atoms with Gasteiger partial charge in [-0.25, -0.2) is 13.2 Å². The highest BCUT2D eigenvalue weighted by molar-refractivity contribution is 14.1. The molecular weight excluding hydrogens is 572 g/mol. The SMILES string of the molecule is Cc1ccc(N(/N=C/c2cc(C(N)=O)c(Nc3ccc(I)cc3F)c(F)c2F)S(=O)[O-])cc1. The van der Waals surface area contributed by atoms with Gasteiger partial charge in [-0.15, -0.1) is 0 Å². The number of hydrogen-bond donors (Lipinski definition) is 2. The van der Waals surface area contributed by atoms with E-state index in [0.717, 1.165) is 23.9 Å². The summed E-state index contributed by atoms with van der Waals surface area (Å²) in [4.78, 5) is 11.9. The molecule has 1 amide bonds. The molecule has 12 heteroatoms. The Kier molecular flexibility index (Phi) is 7.71. The van der Waals surface area contributed by atoms with E-state index in [-0.39, 0.29) is 11.4 Å². The van der Waals surface area contributed by atoms with Crippen LogP contribution in [-0.4, -0.2) is 20.9 Å². The van der Waals surface area contributed by atoms with Crippen molar-refractivity contribution in [1.29, 1.82) is 0 Å². The number of benzene rings is 3. The Labute approximate surface area is 203 Å². The van der Waals surface area contributed by atoms with Crippen molar-refractivity contribution < 1.29 is 26.7 Å². The van der Waals surface area contributed by atoms with Gasteiger partial charge in [0.05, 0.1) is 40.1 Å². The molecule has 1 unspecified atom stereocenters. The van der Waals surface area contributed by atoms with Crippen LogP contribution in [0.15, 0.2) is 53.6 Å². The maximum Gasteiger partial charge on any atom is 0.250 e. The van der Waals surface area contributed by atoms with E-state index in [1.165, 1.54) is 24.3 Å². The van der Waals surface area contributed by atoms with Gasteiger partial charge in [0.15, 0.2) is 11.6 Å². The summed E-state index contributed by atoms with van der Waals surface area (Å²) < 4.78 is 68.0. The number of nitrogens with two attached hydrogens (primary N) is 1. The summed E-state index contributed by atoms with van der Waals surface area (Å²) in [5, 5.41) is 6.04. The Balaban J connectivity index is 2.03. The highest BCUT2D eigenvalue weighted by Gasteiger charge is 2.22. The average molecular weight is 587 g/mol. The first-order chi connectivity index (χ1) is 15.6. The Morgan fingerprint density at radius 2 is 1.82 bits per heavy atom. The van der Waals surface area contributed by atoms with Gasteiger partial charge >= 0.3 is 0 Å². The summed E-state index contributed by atoms with van der Waals surface area (Å²) >= 11 is -1.00. The fraction of sp³-hybridized carbons (Fsp3) is 0.0476. The Hall–Kier alpha value is -2.97. The smallest absolute Gasteiger partial charge is 0.250 e. The number of hydrazone groups is 1. The lowest BCUT2D eigenvalue weighted by Crippen LogP contribution is -2.20. The van der Waals surface area contributed by atoms with Crippen molar-refractivity contribution in [2.75, 3.05) is 9.73 Å². The number of aryl methyl sites for hydroxylation is 1. The van der Waals surface area contributed by atoms with E-state index in [4.69, 9.17) is 5.73 Å². The topological polar surface area (TPSA) is 111 Å². The van der Waals surface area contributed by atoms with Crippen LogP contribution >= 0.6 is 22.6 Å². The predicted octanol–water partition coefficient (Wildman–Crippen LogP) is 4.49. The van der Waals surface area contributed by atoms with Gasteiger partial charge in [0.25, 0.3) is 5.91 Å². The largest absolute Gasteiger partial charge is 0.754 e. The molecule has 0 saturated carbocycles. The highest BCUT2D eigenvalue weighted by atomic mass is 127. The third-order valence-electron chi connectivity index (χ3n) is 4.39. The number of halogens is 4. The fourth-order valence-electron chi connectivity index (χ4n) is 2.76. The zero-order valence-corrected chi connectivity index (χ0v) is 19.8. The van der Waals surface area contributed by atoms with Crippen LogP contribution in [0.3, 0.4) is 0 Å². The maximum absolute atomic E-state index is 14.9. The number of nitrogens with one attached hydrogen (secondary N) is 1. The standard InChI is InChI=1S/C21H16F3IN4O3S/c1-11-2-5-14(6-3-11)29(33(31)32)27-10-12-8-15(21(26)30)20(19(24)18(12)23)28-17-7-4-13(25)9-16(17)22/h2-10,28H,1H3,(H2,26,30)(H,31,32)/p-1/b27-10+. The molecule has 1 atom stereocenters. The van der Waals surface area contributed by atoms with Crippen LogP contribution in [0.5, 0.6) is 0 Å². The minimum absolute atomic E-state index is 0.147. The predicted molar refractivity (Wildman–Crippen MR) is 127 cm³/mol. The van der Waals surface area contributed by atoms with Gasteiger partial charge in [0.1, 0.15) is 5.82 Å². The van der Waals surface area contributed by atoms with E-state index < -0.39 is 51.4 Å². The van der Waals surface area contributed by atoms with Gasteiger partial charge in [-0.2, -0.15) is 9.52 Å². The second kappa shape index (κ2) is 10.3. The van der Waals surface area contributed by atoms with Crippen LogP contribution in [0.1, 0.15) is 21.5 Å².